The lowest BCUT2D eigenvalue weighted by Crippen LogP contribution is -1.90. The fraction of sp³-hybridized carbons (Fsp3) is 0.188. The second-order valence-electron chi connectivity index (χ2n) is 4.59. The average molecular weight is 284 g/mol. The van der Waals surface area contributed by atoms with Crippen molar-refractivity contribution < 1.29 is 4.74 Å². The van der Waals surface area contributed by atoms with Crippen LogP contribution in [0.1, 0.15) is 17.5 Å². The fourth-order valence-corrected chi connectivity index (χ4v) is 3.19. The molecule has 1 aromatic heterocycles. The molecule has 0 saturated carbocycles. The Morgan fingerprint density at radius 1 is 1.20 bits per heavy atom. The van der Waals surface area contributed by atoms with E-state index in [1.807, 2.05) is 37.3 Å². The van der Waals surface area contributed by atoms with Crippen LogP contribution in [0.25, 0.3) is 10.2 Å². The number of nitrogen functional groups attached to an aromatic ring is 1. The number of thiazole rings is 1. The molecule has 2 N–H and O–H groups in total. The molecule has 0 aliphatic rings. The molecule has 102 valence electrons. The molecule has 1 heterocycles. The minimum Gasteiger partial charge on any atom is -0.494 e. The molecule has 0 unspecified atom stereocenters. The molecule has 20 heavy (non-hydrogen) atoms. The maximum Gasteiger partial charge on any atom is 0.120 e. The maximum atomic E-state index is 5.81. The van der Waals surface area contributed by atoms with E-state index in [1.165, 1.54) is 5.56 Å². The van der Waals surface area contributed by atoms with Crippen molar-refractivity contribution in [2.24, 2.45) is 0 Å². The molecule has 0 aliphatic carbocycles. The average Bonchev–Trinajstić information content (AvgIpc) is 2.80. The lowest BCUT2D eigenvalue weighted by molar-refractivity contribution is 0.341. The van der Waals surface area contributed by atoms with E-state index in [9.17, 15) is 0 Å². The minimum absolute atomic E-state index is 0.681. The van der Waals surface area contributed by atoms with Crippen molar-refractivity contribution in [3.63, 3.8) is 0 Å². The summed E-state index contributed by atoms with van der Waals surface area (Å²) in [5, 5.41) is 1.10. The van der Waals surface area contributed by atoms with Crippen LogP contribution in [0.2, 0.25) is 0 Å². The highest BCUT2D eigenvalue weighted by Gasteiger charge is 2.06. The molecular weight excluding hydrogens is 268 g/mol. The molecule has 0 fully saturated rings. The van der Waals surface area contributed by atoms with Gasteiger partial charge in [-0.1, -0.05) is 12.1 Å². The number of ether oxygens (including phenoxy) is 1. The summed E-state index contributed by atoms with van der Waals surface area (Å²) in [5.41, 5.74) is 8.82. The van der Waals surface area contributed by atoms with Gasteiger partial charge in [-0.15, -0.1) is 11.3 Å². The van der Waals surface area contributed by atoms with E-state index >= 15 is 0 Å². The van der Waals surface area contributed by atoms with Crippen molar-refractivity contribution in [3.05, 3.63) is 53.0 Å². The van der Waals surface area contributed by atoms with Crippen LogP contribution in [0.15, 0.2) is 42.5 Å². The Morgan fingerprint density at radius 3 is 2.90 bits per heavy atom. The van der Waals surface area contributed by atoms with Crippen LogP contribution in [0.3, 0.4) is 0 Å². The molecule has 0 aliphatic heterocycles. The van der Waals surface area contributed by atoms with Gasteiger partial charge in [0.05, 0.1) is 21.8 Å². The van der Waals surface area contributed by atoms with E-state index in [-0.39, 0.29) is 0 Å². The molecule has 0 bridgehead atoms. The SMILES string of the molecule is CCOc1ccc2nc(Cc3cccc(N)c3)sc2c1. The van der Waals surface area contributed by atoms with E-state index in [2.05, 4.69) is 17.1 Å². The van der Waals surface area contributed by atoms with Gasteiger partial charge >= 0.3 is 0 Å². The Balaban J connectivity index is 1.89. The lowest BCUT2D eigenvalue weighted by Gasteiger charge is -2.00. The van der Waals surface area contributed by atoms with Crippen molar-refractivity contribution in [1.29, 1.82) is 0 Å². The zero-order chi connectivity index (χ0) is 13.9. The molecule has 3 nitrogen and oxygen atoms in total. The van der Waals surface area contributed by atoms with Gasteiger partial charge in [0.2, 0.25) is 0 Å². The van der Waals surface area contributed by atoms with E-state index in [0.29, 0.717) is 6.61 Å². The van der Waals surface area contributed by atoms with Gasteiger partial charge < -0.3 is 10.5 Å². The number of hydrogen-bond acceptors (Lipinski definition) is 4. The van der Waals surface area contributed by atoms with Gasteiger partial charge in [0, 0.05) is 12.1 Å². The second-order valence-corrected chi connectivity index (χ2v) is 5.71. The Hall–Kier alpha value is -2.07. The van der Waals surface area contributed by atoms with E-state index in [0.717, 1.165) is 33.1 Å². The number of fused-ring (bicyclic) bond motifs is 1. The topological polar surface area (TPSA) is 48.1 Å². The third-order valence-electron chi connectivity index (χ3n) is 3.02. The van der Waals surface area contributed by atoms with Crippen LogP contribution in [0.5, 0.6) is 5.75 Å². The lowest BCUT2D eigenvalue weighted by atomic mass is 10.1. The molecule has 0 atom stereocenters. The van der Waals surface area contributed by atoms with Crippen LogP contribution in [0, 0.1) is 0 Å². The van der Waals surface area contributed by atoms with Crippen LogP contribution >= 0.6 is 11.3 Å². The van der Waals surface area contributed by atoms with Crippen LogP contribution in [0.4, 0.5) is 5.69 Å². The summed E-state index contributed by atoms with van der Waals surface area (Å²) in [6, 6.07) is 14.0. The van der Waals surface area contributed by atoms with Crippen LogP contribution in [-0.2, 0) is 6.42 Å². The predicted molar refractivity (Wildman–Crippen MR) is 84.4 cm³/mol. The number of aromatic nitrogens is 1. The van der Waals surface area contributed by atoms with Gasteiger partial charge in [0.25, 0.3) is 0 Å². The first kappa shape index (κ1) is 12.9. The number of rotatable bonds is 4. The third kappa shape index (κ3) is 2.75. The Bertz CT molecular complexity index is 736. The van der Waals surface area contributed by atoms with Crippen LogP contribution in [-0.4, -0.2) is 11.6 Å². The molecule has 2 aromatic carbocycles. The first-order valence-corrected chi connectivity index (χ1v) is 7.43. The highest BCUT2D eigenvalue weighted by Crippen LogP contribution is 2.28. The number of anilines is 1. The highest BCUT2D eigenvalue weighted by atomic mass is 32.1. The molecule has 3 aromatic rings. The van der Waals surface area contributed by atoms with E-state index in [4.69, 9.17) is 10.5 Å². The molecule has 4 heteroatoms. The zero-order valence-electron chi connectivity index (χ0n) is 11.3. The molecule has 0 radical (unpaired) electrons. The van der Waals surface area contributed by atoms with Crippen molar-refractivity contribution >= 4 is 27.2 Å². The molecule has 0 saturated heterocycles. The van der Waals surface area contributed by atoms with Gasteiger partial charge in [0.1, 0.15) is 5.75 Å². The van der Waals surface area contributed by atoms with Gasteiger partial charge in [0.15, 0.2) is 0 Å². The number of nitrogens with zero attached hydrogens (tertiary/aromatic N) is 1. The minimum atomic E-state index is 0.681. The Labute approximate surface area is 122 Å². The summed E-state index contributed by atoms with van der Waals surface area (Å²) >= 11 is 1.71. The summed E-state index contributed by atoms with van der Waals surface area (Å²) in [7, 11) is 0. The predicted octanol–water partition coefficient (Wildman–Crippen LogP) is 3.87. The monoisotopic (exact) mass is 284 g/mol. The quantitative estimate of drug-likeness (QED) is 0.740. The molecule has 3 rings (SSSR count). The fourth-order valence-electron chi connectivity index (χ4n) is 2.16. The largest absolute Gasteiger partial charge is 0.494 e. The summed E-state index contributed by atoms with van der Waals surface area (Å²) in [4.78, 5) is 4.66. The van der Waals surface area contributed by atoms with Gasteiger partial charge in [-0.3, -0.25) is 0 Å². The Kier molecular flexibility index (Phi) is 3.56. The zero-order valence-corrected chi connectivity index (χ0v) is 12.1. The van der Waals surface area contributed by atoms with Crippen LogP contribution < -0.4 is 10.5 Å². The van der Waals surface area contributed by atoms with Gasteiger partial charge in [-0.25, -0.2) is 4.98 Å². The second kappa shape index (κ2) is 5.51. The molecule has 0 amide bonds. The number of nitrogens with two attached hydrogens (primary N) is 1. The van der Waals surface area contributed by atoms with E-state index in [1.54, 1.807) is 11.3 Å². The normalized spacial score (nSPS) is 10.8. The smallest absolute Gasteiger partial charge is 0.120 e. The van der Waals surface area contributed by atoms with Crippen molar-refractivity contribution in [1.82, 2.24) is 4.98 Å². The van der Waals surface area contributed by atoms with Gasteiger partial charge in [-0.05, 0) is 42.8 Å². The summed E-state index contributed by atoms with van der Waals surface area (Å²) in [6.45, 7) is 2.67. The van der Waals surface area contributed by atoms with Crippen molar-refractivity contribution in [2.75, 3.05) is 12.3 Å². The first-order chi connectivity index (χ1) is 9.74. The number of hydrogen-bond donors (Lipinski definition) is 1. The third-order valence-corrected chi connectivity index (χ3v) is 4.04. The van der Waals surface area contributed by atoms with Crippen molar-refractivity contribution in [2.45, 2.75) is 13.3 Å². The summed E-state index contributed by atoms with van der Waals surface area (Å²) in [5.74, 6) is 0.902. The molecule has 0 spiro atoms. The van der Waals surface area contributed by atoms with E-state index < -0.39 is 0 Å². The summed E-state index contributed by atoms with van der Waals surface area (Å²) in [6.07, 6.45) is 0.814. The highest BCUT2D eigenvalue weighted by molar-refractivity contribution is 7.18. The van der Waals surface area contributed by atoms with Crippen molar-refractivity contribution in [3.8, 4) is 5.75 Å². The number of benzene rings is 2. The summed E-state index contributed by atoms with van der Waals surface area (Å²) < 4.78 is 6.68. The Morgan fingerprint density at radius 2 is 2.10 bits per heavy atom. The molecular formula is C16H16N2OS. The standard InChI is InChI=1S/C16H16N2OS/c1-2-19-13-6-7-14-15(10-13)20-16(18-14)9-11-4-3-5-12(17)8-11/h3-8,10H,2,9,17H2,1H3. The maximum absolute atomic E-state index is 5.81. The van der Waals surface area contributed by atoms with Gasteiger partial charge in [-0.2, -0.15) is 0 Å². The first-order valence-electron chi connectivity index (χ1n) is 6.61.